The largest absolute Gasteiger partial charge is 0.496 e. The summed E-state index contributed by atoms with van der Waals surface area (Å²) >= 11 is 0. The van der Waals surface area contributed by atoms with Gasteiger partial charge in [0.1, 0.15) is 23.6 Å². The maximum atomic E-state index is 13.3. The van der Waals surface area contributed by atoms with E-state index in [1.807, 2.05) is 50.5 Å². The second kappa shape index (κ2) is 10.4. The van der Waals surface area contributed by atoms with Crippen LogP contribution >= 0.6 is 0 Å². The van der Waals surface area contributed by atoms with Crippen LogP contribution in [0.15, 0.2) is 36.7 Å². The highest BCUT2D eigenvalue weighted by atomic mass is 32.2. The minimum absolute atomic E-state index is 0.0845. The van der Waals surface area contributed by atoms with Gasteiger partial charge in [-0.1, -0.05) is 13.0 Å². The highest BCUT2D eigenvalue weighted by Gasteiger charge is 2.42. The summed E-state index contributed by atoms with van der Waals surface area (Å²) in [6.07, 6.45) is 3.08. The summed E-state index contributed by atoms with van der Waals surface area (Å²) in [5, 5.41) is 11.0. The Bertz CT molecular complexity index is 1370. The summed E-state index contributed by atoms with van der Waals surface area (Å²) in [6.45, 7) is 7.90. The molecular formula is C26H33N5O4S. The first-order valence-corrected chi connectivity index (χ1v) is 14.0. The number of methoxy groups -OCH3 is 1. The van der Waals surface area contributed by atoms with Crippen LogP contribution in [-0.2, 0) is 9.84 Å². The Morgan fingerprint density at radius 2 is 2.06 bits per heavy atom. The third kappa shape index (κ3) is 5.59. The molecule has 2 heterocycles. The molecule has 0 bridgehead atoms. The fourth-order valence-corrected chi connectivity index (χ4v) is 6.40. The standard InChI is InChI=1S/C26H33N5O4S/c1-6-10-36(33,34)14-18-12-20(18)19-13-21(23(35-5)11-17(19)4)26(32)29-24-9-7-8-22(28-24)25-30-27-15-31(25)16(2)3/h7-9,11,13,15-16,18,20H,6,10,12,14H2,1-5H3,(H,28,29,32). The van der Waals surface area contributed by atoms with Gasteiger partial charge in [-0.3, -0.25) is 4.79 Å². The van der Waals surface area contributed by atoms with Gasteiger partial charge in [-0.15, -0.1) is 10.2 Å². The lowest BCUT2D eigenvalue weighted by molar-refractivity contribution is 0.102. The van der Waals surface area contributed by atoms with Crippen LogP contribution in [0.3, 0.4) is 0 Å². The Labute approximate surface area is 212 Å². The Hall–Kier alpha value is -3.27. The van der Waals surface area contributed by atoms with Gasteiger partial charge in [0.15, 0.2) is 15.7 Å². The molecular weight excluding hydrogens is 478 g/mol. The SMILES string of the molecule is CCCS(=O)(=O)CC1CC1c1cc(C(=O)Nc2cccc(-c3nncn3C(C)C)n2)c(OC)cc1C. The van der Waals surface area contributed by atoms with Gasteiger partial charge < -0.3 is 14.6 Å². The second-order valence-electron chi connectivity index (χ2n) is 9.64. The van der Waals surface area contributed by atoms with Crippen molar-refractivity contribution in [2.45, 2.75) is 52.5 Å². The number of nitrogens with zero attached hydrogens (tertiary/aromatic N) is 4. The molecule has 1 saturated carbocycles. The van der Waals surface area contributed by atoms with E-state index in [0.717, 1.165) is 17.5 Å². The number of hydrogen-bond donors (Lipinski definition) is 1. The lowest BCUT2D eigenvalue weighted by Gasteiger charge is -2.14. The lowest BCUT2D eigenvalue weighted by atomic mass is 9.98. The Morgan fingerprint density at radius 3 is 2.75 bits per heavy atom. The Balaban J connectivity index is 1.57. The van der Waals surface area contributed by atoms with Crippen LogP contribution < -0.4 is 10.1 Å². The van der Waals surface area contributed by atoms with Gasteiger partial charge in [-0.05, 0) is 80.8 Å². The number of sulfone groups is 1. The van der Waals surface area contributed by atoms with E-state index in [2.05, 4.69) is 20.5 Å². The molecule has 1 aliphatic rings. The summed E-state index contributed by atoms with van der Waals surface area (Å²) in [6, 6.07) is 9.18. The molecule has 2 aromatic heterocycles. The molecule has 0 radical (unpaired) electrons. The zero-order chi connectivity index (χ0) is 26.0. The van der Waals surface area contributed by atoms with Crippen molar-refractivity contribution in [2.24, 2.45) is 5.92 Å². The summed E-state index contributed by atoms with van der Waals surface area (Å²) in [5.74, 6) is 1.73. The van der Waals surface area contributed by atoms with Crippen LogP contribution in [0.1, 0.15) is 67.1 Å². The summed E-state index contributed by atoms with van der Waals surface area (Å²) in [7, 11) is -1.53. The normalized spacial score (nSPS) is 17.3. The summed E-state index contributed by atoms with van der Waals surface area (Å²) in [5.41, 5.74) is 2.96. The molecule has 3 aromatic rings. The average Bonchev–Trinajstić information content (AvgIpc) is 3.37. The highest BCUT2D eigenvalue weighted by molar-refractivity contribution is 7.91. The topological polar surface area (TPSA) is 116 Å². The number of carbonyl (C=O) groups is 1. The van der Waals surface area contributed by atoms with Gasteiger partial charge in [0.2, 0.25) is 0 Å². The van der Waals surface area contributed by atoms with Crippen molar-refractivity contribution >= 4 is 21.6 Å². The van der Waals surface area contributed by atoms with E-state index in [0.29, 0.717) is 35.1 Å². The van der Waals surface area contributed by atoms with Crippen molar-refractivity contribution in [1.82, 2.24) is 19.7 Å². The number of amides is 1. The molecule has 36 heavy (non-hydrogen) atoms. The Kier molecular flexibility index (Phi) is 7.44. The summed E-state index contributed by atoms with van der Waals surface area (Å²) < 4.78 is 32.0. The number of pyridine rings is 1. The molecule has 10 heteroatoms. The van der Waals surface area contributed by atoms with Crippen molar-refractivity contribution in [3.05, 3.63) is 53.3 Å². The van der Waals surface area contributed by atoms with Gasteiger partial charge in [0, 0.05) is 11.8 Å². The zero-order valence-corrected chi connectivity index (χ0v) is 22.2. The molecule has 2 atom stereocenters. The third-order valence-corrected chi connectivity index (χ3v) is 8.45. The van der Waals surface area contributed by atoms with E-state index in [1.54, 1.807) is 18.5 Å². The molecule has 0 aliphatic heterocycles. The van der Waals surface area contributed by atoms with Crippen molar-refractivity contribution in [1.29, 1.82) is 0 Å². The Morgan fingerprint density at radius 1 is 1.28 bits per heavy atom. The van der Waals surface area contributed by atoms with E-state index in [1.165, 1.54) is 7.11 Å². The average molecular weight is 512 g/mol. The molecule has 4 rings (SSSR count). The van der Waals surface area contributed by atoms with Crippen LogP contribution in [0.5, 0.6) is 5.75 Å². The van der Waals surface area contributed by atoms with Gasteiger partial charge in [0.25, 0.3) is 5.91 Å². The number of anilines is 1. The maximum absolute atomic E-state index is 13.3. The van der Waals surface area contributed by atoms with Crippen molar-refractivity contribution < 1.29 is 17.9 Å². The van der Waals surface area contributed by atoms with Crippen molar-refractivity contribution in [3.8, 4) is 17.3 Å². The van der Waals surface area contributed by atoms with Gasteiger partial charge in [0.05, 0.1) is 18.4 Å². The lowest BCUT2D eigenvalue weighted by Crippen LogP contribution is -2.16. The molecule has 1 aromatic carbocycles. The zero-order valence-electron chi connectivity index (χ0n) is 21.4. The monoisotopic (exact) mass is 511 g/mol. The minimum Gasteiger partial charge on any atom is -0.496 e. The van der Waals surface area contributed by atoms with Crippen molar-refractivity contribution in [3.63, 3.8) is 0 Å². The van der Waals surface area contributed by atoms with Gasteiger partial charge >= 0.3 is 0 Å². The van der Waals surface area contributed by atoms with Gasteiger partial charge in [-0.2, -0.15) is 0 Å². The first kappa shape index (κ1) is 25.8. The first-order chi connectivity index (χ1) is 17.1. The smallest absolute Gasteiger partial charge is 0.260 e. The van der Waals surface area contributed by atoms with Crippen molar-refractivity contribution in [2.75, 3.05) is 23.9 Å². The minimum atomic E-state index is -3.06. The van der Waals surface area contributed by atoms with E-state index in [4.69, 9.17) is 4.74 Å². The number of ether oxygens (including phenoxy) is 1. The molecule has 0 spiro atoms. The quantitative estimate of drug-likeness (QED) is 0.428. The predicted molar refractivity (Wildman–Crippen MR) is 139 cm³/mol. The fraction of sp³-hybridized carbons (Fsp3) is 0.462. The van der Waals surface area contributed by atoms with Crippen LogP contribution in [0.2, 0.25) is 0 Å². The van der Waals surface area contributed by atoms with Crippen LogP contribution in [0, 0.1) is 12.8 Å². The molecule has 1 fully saturated rings. The van der Waals surface area contributed by atoms with Crippen LogP contribution in [-0.4, -0.2) is 52.7 Å². The number of nitrogens with one attached hydrogen (secondary N) is 1. The molecule has 1 N–H and O–H groups in total. The molecule has 0 saturated heterocycles. The number of hydrogen-bond acceptors (Lipinski definition) is 7. The van der Waals surface area contributed by atoms with E-state index < -0.39 is 9.84 Å². The maximum Gasteiger partial charge on any atom is 0.260 e. The number of carbonyl (C=O) groups excluding carboxylic acids is 1. The number of rotatable bonds is 10. The number of aromatic nitrogens is 4. The second-order valence-corrected chi connectivity index (χ2v) is 11.9. The molecule has 1 amide bonds. The number of aryl methyl sites for hydroxylation is 1. The van der Waals surface area contributed by atoms with E-state index in [-0.39, 0.29) is 35.3 Å². The van der Waals surface area contributed by atoms with E-state index in [9.17, 15) is 13.2 Å². The van der Waals surface area contributed by atoms with Crippen LogP contribution in [0.25, 0.3) is 11.5 Å². The molecule has 2 unspecified atom stereocenters. The first-order valence-electron chi connectivity index (χ1n) is 12.2. The highest BCUT2D eigenvalue weighted by Crippen LogP contribution is 2.50. The molecule has 192 valence electrons. The predicted octanol–water partition coefficient (Wildman–Crippen LogP) is 4.42. The third-order valence-electron chi connectivity index (χ3n) is 6.49. The molecule has 1 aliphatic carbocycles. The molecule has 9 nitrogen and oxygen atoms in total. The van der Waals surface area contributed by atoms with Gasteiger partial charge in [-0.25, -0.2) is 13.4 Å². The fourth-order valence-electron chi connectivity index (χ4n) is 4.59. The summed E-state index contributed by atoms with van der Waals surface area (Å²) in [4.78, 5) is 17.9. The van der Waals surface area contributed by atoms with Crippen LogP contribution in [0.4, 0.5) is 5.82 Å². The van der Waals surface area contributed by atoms with E-state index >= 15 is 0 Å². The number of benzene rings is 1.